The van der Waals surface area contributed by atoms with Gasteiger partial charge in [-0.2, -0.15) is 0 Å². The third-order valence-corrected chi connectivity index (χ3v) is 3.03. The molecule has 0 aliphatic carbocycles. The van der Waals surface area contributed by atoms with Gasteiger partial charge in [0.15, 0.2) is 0 Å². The lowest BCUT2D eigenvalue weighted by molar-refractivity contribution is 0.216. The van der Waals surface area contributed by atoms with Crippen molar-refractivity contribution >= 4 is 34.3 Å². The van der Waals surface area contributed by atoms with Gasteiger partial charge < -0.3 is 0 Å². The van der Waals surface area contributed by atoms with Crippen LogP contribution in [-0.2, 0) is 0 Å². The third-order valence-electron chi connectivity index (χ3n) is 1.90. The van der Waals surface area contributed by atoms with E-state index >= 15 is 0 Å². The molecule has 0 aliphatic heterocycles. The highest BCUT2D eigenvalue weighted by molar-refractivity contribution is 14.1. The predicted molar refractivity (Wildman–Crippen MR) is 71.1 cm³/mol. The van der Waals surface area contributed by atoms with Crippen LogP contribution in [0.3, 0.4) is 0 Å². The van der Waals surface area contributed by atoms with Crippen molar-refractivity contribution in [3.63, 3.8) is 0 Å². The van der Waals surface area contributed by atoms with Gasteiger partial charge in [-0.1, -0.05) is 12.0 Å². The number of amides is 2. The normalized spacial score (nSPS) is 9.44. The van der Waals surface area contributed by atoms with Gasteiger partial charge in [-0.25, -0.2) is 21.5 Å². The fourth-order valence-corrected chi connectivity index (χ4v) is 1.87. The molecule has 0 heterocycles. The molecule has 0 spiro atoms. The van der Waals surface area contributed by atoms with Gasteiger partial charge in [0.2, 0.25) is 0 Å². The number of halogens is 1. The molecule has 0 saturated carbocycles. The molecule has 0 unspecified atom stereocenters. The molecule has 1 aromatic carbocycles. The molecule has 2 amide bonds. The maximum Gasteiger partial charge on any atom is 0.352 e. The van der Waals surface area contributed by atoms with Gasteiger partial charge in [-0.05, 0) is 34.7 Å². The van der Waals surface area contributed by atoms with Crippen LogP contribution in [0.1, 0.15) is 5.56 Å². The molecule has 0 aromatic heterocycles. The van der Waals surface area contributed by atoms with Gasteiger partial charge in [-0.3, -0.25) is 5.01 Å². The van der Waals surface area contributed by atoms with Crippen LogP contribution in [0.5, 0.6) is 0 Å². The Labute approximate surface area is 107 Å². The van der Waals surface area contributed by atoms with E-state index in [4.69, 9.17) is 18.1 Å². The standard InChI is InChI=1S/C10H11IN4O/c1-3-7-5-4-6-8(9(7)11)15(13)10(16)14(2)12/h1,4-6H,12-13H2,2H3. The van der Waals surface area contributed by atoms with Crippen LogP contribution >= 0.6 is 22.6 Å². The van der Waals surface area contributed by atoms with Gasteiger partial charge in [-0.15, -0.1) is 6.42 Å². The van der Waals surface area contributed by atoms with Crippen molar-refractivity contribution < 1.29 is 4.79 Å². The highest BCUT2D eigenvalue weighted by Gasteiger charge is 2.17. The van der Waals surface area contributed by atoms with Crippen LogP contribution < -0.4 is 16.7 Å². The Bertz CT molecular complexity index is 453. The van der Waals surface area contributed by atoms with E-state index in [1.165, 1.54) is 7.05 Å². The van der Waals surface area contributed by atoms with Crippen molar-refractivity contribution in [2.24, 2.45) is 11.7 Å². The van der Waals surface area contributed by atoms with E-state index in [0.29, 0.717) is 11.3 Å². The highest BCUT2D eigenvalue weighted by atomic mass is 127. The van der Waals surface area contributed by atoms with Crippen LogP contribution in [0.2, 0.25) is 0 Å². The van der Waals surface area contributed by atoms with Gasteiger partial charge in [0, 0.05) is 12.6 Å². The number of hydrogen-bond donors (Lipinski definition) is 2. The lowest BCUT2D eigenvalue weighted by atomic mass is 10.2. The third kappa shape index (κ3) is 2.44. The SMILES string of the molecule is C#Cc1cccc(N(N)C(=O)N(C)N)c1I. The number of anilines is 1. The van der Waals surface area contributed by atoms with Crippen molar-refractivity contribution in [2.75, 3.05) is 12.1 Å². The summed E-state index contributed by atoms with van der Waals surface area (Å²) >= 11 is 2.04. The number of carbonyl (C=O) groups excluding carboxylic acids is 1. The van der Waals surface area contributed by atoms with E-state index in [0.717, 1.165) is 13.6 Å². The summed E-state index contributed by atoms with van der Waals surface area (Å²) in [7, 11) is 1.42. The number of carbonyl (C=O) groups is 1. The van der Waals surface area contributed by atoms with Crippen LogP contribution in [0.25, 0.3) is 0 Å². The zero-order chi connectivity index (χ0) is 12.3. The monoisotopic (exact) mass is 330 g/mol. The molecule has 0 radical (unpaired) electrons. The maximum absolute atomic E-state index is 11.5. The van der Waals surface area contributed by atoms with Crippen molar-refractivity contribution in [3.05, 3.63) is 27.3 Å². The van der Waals surface area contributed by atoms with E-state index in [2.05, 4.69) is 5.92 Å². The molecule has 0 aliphatic rings. The second-order valence-corrected chi connectivity index (χ2v) is 4.13. The Morgan fingerprint density at radius 1 is 1.50 bits per heavy atom. The molecular weight excluding hydrogens is 319 g/mol. The summed E-state index contributed by atoms with van der Waals surface area (Å²) in [5.41, 5.74) is 1.21. The van der Waals surface area contributed by atoms with Gasteiger partial charge >= 0.3 is 6.03 Å². The lowest BCUT2D eigenvalue weighted by Crippen LogP contribution is -2.48. The number of nitrogens with zero attached hydrogens (tertiary/aromatic N) is 2. The molecular formula is C10H11IN4O. The lowest BCUT2D eigenvalue weighted by Gasteiger charge is -2.22. The quantitative estimate of drug-likeness (QED) is 0.264. The fourth-order valence-electron chi connectivity index (χ4n) is 1.09. The first-order valence-corrected chi connectivity index (χ1v) is 5.39. The Morgan fingerprint density at radius 2 is 2.12 bits per heavy atom. The van der Waals surface area contributed by atoms with E-state index in [9.17, 15) is 4.79 Å². The van der Waals surface area contributed by atoms with E-state index < -0.39 is 6.03 Å². The number of benzene rings is 1. The Balaban J connectivity index is 3.15. The number of nitrogens with two attached hydrogens (primary N) is 2. The average Bonchev–Trinajstić information content (AvgIpc) is 2.27. The first-order valence-electron chi connectivity index (χ1n) is 4.31. The second kappa shape index (κ2) is 5.16. The van der Waals surface area contributed by atoms with Gasteiger partial charge in [0.05, 0.1) is 9.26 Å². The van der Waals surface area contributed by atoms with Crippen molar-refractivity contribution in [3.8, 4) is 12.3 Å². The minimum absolute atomic E-state index is 0.521. The zero-order valence-electron chi connectivity index (χ0n) is 8.64. The summed E-state index contributed by atoms with van der Waals surface area (Å²) in [6, 6.07) is 4.68. The molecule has 6 heteroatoms. The number of terminal acetylenes is 1. The number of urea groups is 1. The minimum atomic E-state index is -0.521. The second-order valence-electron chi connectivity index (χ2n) is 3.05. The molecule has 0 fully saturated rings. The van der Waals surface area contributed by atoms with E-state index in [1.807, 2.05) is 22.6 Å². The molecule has 5 nitrogen and oxygen atoms in total. The largest absolute Gasteiger partial charge is 0.352 e. The summed E-state index contributed by atoms with van der Waals surface area (Å²) in [5, 5.41) is 1.86. The van der Waals surface area contributed by atoms with Crippen molar-refractivity contribution in [1.29, 1.82) is 0 Å². The molecule has 0 saturated heterocycles. The molecule has 4 N–H and O–H groups in total. The molecule has 1 aromatic rings. The molecule has 84 valence electrons. The highest BCUT2D eigenvalue weighted by Crippen LogP contribution is 2.24. The molecule has 0 atom stereocenters. The Kier molecular flexibility index (Phi) is 4.12. The number of hydrazine groups is 2. The van der Waals surface area contributed by atoms with Crippen LogP contribution in [0.15, 0.2) is 18.2 Å². The number of hydrogen-bond acceptors (Lipinski definition) is 3. The zero-order valence-corrected chi connectivity index (χ0v) is 10.8. The Hall–Kier alpha value is -1.30. The van der Waals surface area contributed by atoms with E-state index in [-0.39, 0.29) is 0 Å². The summed E-state index contributed by atoms with van der Waals surface area (Å²) in [4.78, 5) is 11.5. The van der Waals surface area contributed by atoms with Crippen molar-refractivity contribution in [1.82, 2.24) is 5.01 Å². The van der Waals surface area contributed by atoms with Gasteiger partial charge in [0.25, 0.3) is 0 Å². The summed E-state index contributed by atoms with van der Waals surface area (Å²) in [5.74, 6) is 13.5. The minimum Gasteiger partial charge on any atom is -0.264 e. The van der Waals surface area contributed by atoms with Crippen LogP contribution in [0.4, 0.5) is 10.5 Å². The summed E-state index contributed by atoms with van der Waals surface area (Å²) in [6.07, 6.45) is 5.32. The predicted octanol–water partition coefficient (Wildman–Crippen LogP) is 0.878. The van der Waals surface area contributed by atoms with Crippen LogP contribution in [-0.4, -0.2) is 18.1 Å². The average molecular weight is 330 g/mol. The van der Waals surface area contributed by atoms with Crippen LogP contribution in [0, 0.1) is 15.9 Å². The molecule has 0 bridgehead atoms. The smallest absolute Gasteiger partial charge is 0.264 e. The van der Waals surface area contributed by atoms with E-state index in [1.54, 1.807) is 18.2 Å². The number of rotatable bonds is 1. The molecule has 1 rings (SSSR count). The topological polar surface area (TPSA) is 75.6 Å². The Morgan fingerprint density at radius 3 is 2.62 bits per heavy atom. The van der Waals surface area contributed by atoms with Crippen molar-refractivity contribution in [2.45, 2.75) is 0 Å². The maximum atomic E-state index is 11.5. The summed E-state index contributed by atoms with van der Waals surface area (Å²) < 4.78 is 0.736. The first-order chi connectivity index (χ1) is 7.49. The fraction of sp³-hybridized carbons (Fsp3) is 0.100. The van der Waals surface area contributed by atoms with Gasteiger partial charge in [0.1, 0.15) is 0 Å². The summed E-state index contributed by atoms with van der Waals surface area (Å²) in [6.45, 7) is 0. The molecule has 16 heavy (non-hydrogen) atoms. The first kappa shape index (κ1) is 12.8.